The molecular weight excluding hydrogens is 358 g/mol. The summed E-state index contributed by atoms with van der Waals surface area (Å²) in [4.78, 5) is 20.8. The first-order valence-electron chi connectivity index (χ1n) is 9.34. The molecule has 0 bridgehead atoms. The minimum Gasteiger partial charge on any atom is -0.391 e. The number of fused-ring (bicyclic) bond motifs is 1. The van der Waals surface area contributed by atoms with E-state index in [1.54, 1.807) is 12.4 Å². The van der Waals surface area contributed by atoms with Gasteiger partial charge < -0.3 is 15.3 Å². The number of carbonyl (C=O) groups excluding carboxylic acids is 1. The van der Waals surface area contributed by atoms with Gasteiger partial charge in [0.25, 0.3) is 5.91 Å². The molecule has 0 radical (unpaired) electrons. The summed E-state index contributed by atoms with van der Waals surface area (Å²) in [7, 11) is 0. The lowest BCUT2D eigenvalue weighted by molar-refractivity contribution is -0.118. The average molecular weight is 382 g/mol. The van der Waals surface area contributed by atoms with Crippen molar-refractivity contribution in [3.05, 3.63) is 65.5 Å². The first-order chi connectivity index (χ1) is 13.2. The molecule has 2 aromatic rings. The van der Waals surface area contributed by atoms with Gasteiger partial charge in [-0.1, -0.05) is 36.7 Å². The Balaban J connectivity index is 1.56. The van der Waals surface area contributed by atoms with Gasteiger partial charge in [-0.05, 0) is 42.7 Å². The van der Waals surface area contributed by atoms with Crippen molar-refractivity contribution in [3.8, 4) is 0 Å². The van der Waals surface area contributed by atoms with E-state index in [4.69, 9.17) is 0 Å². The minimum atomic E-state index is -0.447. The van der Waals surface area contributed by atoms with Crippen LogP contribution in [0.15, 0.2) is 64.8 Å². The lowest BCUT2D eigenvalue weighted by Crippen LogP contribution is -2.45. The van der Waals surface area contributed by atoms with Crippen LogP contribution in [0.25, 0.3) is 0 Å². The molecule has 2 N–H and O–H groups in total. The van der Waals surface area contributed by atoms with Gasteiger partial charge in [-0.25, -0.2) is 0 Å². The van der Waals surface area contributed by atoms with Crippen molar-refractivity contribution in [2.24, 2.45) is 0 Å². The SMILES string of the molecule is O=C(NC1CCCC[C@@H]1O)C1=CN(Cc2ccncc2)c2ccccc2S1. The largest absolute Gasteiger partial charge is 0.391 e. The fourth-order valence-corrected chi connectivity index (χ4v) is 4.58. The zero-order valence-electron chi connectivity index (χ0n) is 15.0. The third-order valence-corrected chi connectivity index (χ3v) is 6.12. The number of carbonyl (C=O) groups is 1. The molecule has 1 fully saturated rings. The molecule has 1 unspecified atom stereocenters. The van der Waals surface area contributed by atoms with Crippen molar-refractivity contribution < 1.29 is 9.90 Å². The monoisotopic (exact) mass is 381 g/mol. The second kappa shape index (κ2) is 8.15. The van der Waals surface area contributed by atoms with E-state index in [-0.39, 0.29) is 11.9 Å². The Kier molecular flexibility index (Phi) is 5.45. The standard InChI is InChI=1S/C21H23N3O2S/c25-18-7-3-1-5-16(18)23-21(26)20-14-24(13-15-9-11-22-12-10-15)17-6-2-4-8-19(17)27-20/h2,4,6,8-12,14,16,18,25H,1,3,5,7,13H2,(H,23,26)/t16?,18-/m0/s1. The number of nitrogens with one attached hydrogen (secondary N) is 1. The van der Waals surface area contributed by atoms with Crippen LogP contribution in [0.5, 0.6) is 0 Å². The predicted molar refractivity (Wildman–Crippen MR) is 107 cm³/mol. The number of rotatable bonds is 4. The Bertz CT molecular complexity index is 840. The number of nitrogens with zero attached hydrogens (tertiary/aromatic N) is 2. The van der Waals surface area contributed by atoms with Crippen molar-refractivity contribution in [3.63, 3.8) is 0 Å². The molecule has 5 nitrogen and oxygen atoms in total. The van der Waals surface area contributed by atoms with Crippen molar-refractivity contribution in [1.29, 1.82) is 0 Å². The van der Waals surface area contributed by atoms with E-state index < -0.39 is 6.10 Å². The van der Waals surface area contributed by atoms with Crippen LogP contribution in [0.4, 0.5) is 5.69 Å². The number of aliphatic hydroxyl groups is 1. The van der Waals surface area contributed by atoms with Crippen LogP contribution in [-0.4, -0.2) is 28.1 Å². The molecule has 2 aliphatic rings. The van der Waals surface area contributed by atoms with Gasteiger partial charge in [-0.2, -0.15) is 0 Å². The zero-order valence-corrected chi connectivity index (χ0v) is 15.9. The molecule has 1 aliphatic heterocycles. The van der Waals surface area contributed by atoms with E-state index in [1.807, 2.05) is 36.5 Å². The minimum absolute atomic E-state index is 0.111. The summed E-state index contributed by atoms with van der Waals surface area (Å²) in [5.74, 6) is -0.111. The molecule has 27 heavy (non-hydrogen) atoms. The fourth-order valence-electron chi connectivity index (χ4n) is 3.58. The van der Waals surface area contributed by atoms with Crippen molar-refractivity contribution in [2.45, 2.75) is 49.3 Å². The van der Waals surface area contributed by atoms with Gasteiger partial charge in [0, 0.05) is 30.0 Å². The van der Waals surface area contributed by atoms with Crippen molar-refractivity contribution in [1.82, 2.24) is 10.3 Å². The van der Waals surface area contributed by atoms with E-state index >= 15 is 0 Å². The molecule has 1 saturated carbocycles. The quantitative estimate of drug-likeness (QED) is 0.849. The van der Waals surface area contributed by atoms with Crippen molar-refractivity contribution >= 4 is 23.4 Å². The van der Waals surface area contributed by atoms with Crippen LogP contribution in [0.2, 0.25) is 0 Å². The molecule has 140 valence electrons. The second-order valence-corrected chi connectivity index (χ2v) is 8.06. The molecule has 2 atom stereocenters. The Morgan fingerprint density at radius 3 is 2.78 bits per heavy atom. The zero-order chi connectivity index (χ0) is 18.6. The van der Waals surface area contributed by atoms with E-state index in [2.05, 4.69) is 21.3 Å². The molecule has 1 aromatic heterocycles. The number of pyridine rings is 1. The molecule has 1 amide bonds. The molecule has 0 spiro atoms. The summed E-state index contributed by atoms with van der Waals surface area (Å²) >= 11 is 1.48. The highest BCUT2D eigenvalue weighted by Crippen LogP contribution is 2.40. The van der Waals surface area contributed by atoms with Gasteiger partial charge in [0.2, 0.25) is 0 Å². The maximum atomic E-state index is 12.9. The number of hydrogen-bond donors (Lipinski definition) is 2. The Morgan fingerprint density at radius 1 is 1.19 bits per heavy atom. The van der Waals surface area contributed by atoms with Crippen LogP contribution < -0.4 is 10.2 Å². The fraction of sp³-hybridized carbons (Fsp3) is 0.333. The molecule has 2 heterocycles. The molecule has 1 aromatic carbocycles. The number of hydrogen-bond acceptors (Lipinski definition) is 5. The summed E-state index contributed by atoms with van der Waals surface area (Å²) in [6, 6.07) is 11.9. The number of benzene rings is 1. The Labute approximate surface area is 163 Å². The van der Waals surface area contributed by atoms with Crippen LogP contribution in [0.3, 0.4) is 0 Å². The van der Waals surface area contributed by atoms with Crippen LogP contribution >= 0.6 is 11.8 Å². The normalized spacial score (nSPS) is 22.0. The number of thioether (sulfide) groups is 1. The Morgan fingerprint density at radius 2 is 1.96 bits per heavy atom. The van der Waals surface area contributed by atoms with Gasteiger partial charge in [0.15, 0.2) is 0 Å². The smallest absolute Gasteiger partial charge is 0.259 e. The molecule has 4 rings (SSSR count). The summed E-state index contributed by atoms with van der Waals surface area (Å²) in [5, 5.41) is 13.2. The van der Waals surface area contributed by atoms with E-state index in [0.29, 0.717) is 11.4 Å². The van der Waals surface area contributed by atoms with Gasteiger partial charge in [0.05, 0.1) is 22.7 Å². The maximum absolute atomic E-state index is 12.9. The van der Waals surface area contributed by atoms with Gasteiger partial charge in [-0.3, -0.25) is 9.78 Å². The summed E-state index contributed by atoms with van der Waals surface area (Å²) in [6.45, 7) is 0.670. The summed E-state index contributed by atoms with van der Waals surface area (Å²) < 4.78 is 0. The van der Waals surface area contributed by atoms with Gasteiger partial charge in [-0.15, -0.1) is 0 Å². The van der Waals surface area contributed by atoms with Crippen LogP contribution in [0.1, 0.15) is 31.2 Å². The van der Waals surface area contributed by atoms with Crippen LogP contribution in [-0.2, 0) is 11.3 Å². The van der Waals surface area contributed by atoms with Crippen molar-refractivity contribution in [2.75, 3.05) is 4.90 Å². The summed E-state index contributed by atoms with van der Waals surface area (Å²) in [5.41, 5.74) is 2.22. The summed E-state index contributed by atoms with van der Waals surface area (Å²) in [6.07, 6.45) is 8.69. The lowest BCUT2D eigenvalue weighted by atomic mass is 9.92. The number of anilines is 1. The number of amides is 1. The molecule has 0 saturated heterocycles. The molecule has 1 aliphatic carbocycles. The number of aromatic nitrogens is 1. The molecule has 6 heteroatoms. The van der Waals surface area contributed by atoms with Gasteiger partial charge in [0.1, 0.15) is 0 Å². The first kappa shape index (κ1) is 18.1. The molecular formula is C21H23N3O2S. The van der Waals surface area contributed by atoms with Gasteiger partial charge >= 0.3 is 0 Å². The topological polar surface area (TPSA) is 65.5 Å². The second-order valence-electron chi connectivity index (χ2n) is 6.98. The third kappa shape index (κ3) is 4.17. The van der Waals surface area contributed by atoms with E-state index in [9.17, 15) is 9.90 Å². The van der Waals surface area contributed by atoms with Crippen LogP contribution in [0, 0.1) is 0 Å². The highest BCUT2D eigenvalue weighted by atomic mass is 32.2. The first-order valence-corrected chi connectivity index (χ1v) is 10.2. The Hall–Kier alpha value is -2.31. The highest BCUT2D eigenvalue weighted by molar-refractivity contribution is 8.04. The third-order valence-electron chi connectivity index (χ3n) is 5.04. The maximum Gasteiger partial charge on any atom is 0.259 e. The predicted octanol–water partition coefficient (Wildman–Crippen LogP) is 3.46. The highest BCUT2D eigenvalue weighted by Gasteiger charge is 2.28. The average Bonchev–Trinajstić information content (AvgIpc) is 2.70. The van der Waals surface area contributed by atoms with E-state index in [1.165, 1.54) is 11.8 Å². The number of para-hydroxylation sites is 1. The lowest BCUT2D eigenvalue weighted by Gasteiger charge is -2.31. The van der Waals surface area contributed by atoms with E-state index in [0.717, 1.165) is 41.8 Å². The number of aliphatic hydroxyl groups excluding tert-OH is 1.